The zero-order chi connectivity index (χ0) is 18.7. The molecule has 0 aliphatic heterocycles. The van der Waals surface area contributed by atoms with E-state index in [1.165, 1.54) is 23.6 Å². The van der Waals surface area contributed by atoms with Gasteiger partial charge in [-0.15, -0.1) is 0 Å². The van der Waals surface area contributed by atoms with E-state index in [-0.39, 0.29) is 17.0 Å². The molecule has 1 saturated carbocycles. The Morgan fingerprint density at radius 2 is 2.00 bits per heavy atom. The monoisotopic (exact) mass is 355 g/mol. The van der Waals surface area contributed by atoms with Crippen LogP contribution in [-0.4, -0.2) is 26.8 Å². The molecule has 1 heterocycles. The lowest BCUT2D eigenvalue weighted by molar-refractivity contribution is -0.132. The van der Waals surface area contributed by atoms with Crippen molar-refractivity contribution in [2.24, 2.45) is 11.3 Å². The molecule has 138 valence electrons. The van der Waals surface area contributed by atoms with Crippen molar-refractivity contribution < 1.29 is 14.7 Å². The summed E-state index contributed by atoms with van der Waals surface area (Å²) in [5, 5.41) is 16.1. The van der Waals surface area contributed by atoms with Gasteiger partial charge < -0.3 is 10.4 Å². The van der Waals surface area contributed by atoms with Crippen LogP contribution in [0, 0.1) is 11.3 Å². The van der Waals surface area contributed by atoms with Crippen LogP contribution < -0.4 is 5.32 Å². The van der Waals surface area contributed by atoms with Gasteiger partial charge in [0.2, 0.25) is 5.91 Å². The molecule has 1 aromatic carbocycles. The van der Waals surface area contributed by atoms with E-state index in [0.29, 0.717) is 12.5 Å². The van der Waals surface area contributed by atoms with Gasteiger partial charge in [-0.1, -0.05) is 38.8 Å². The minimum Gasteiger partial charge on any atom is -0.476 e. The molecule has 26 heavy (non-hydrogen) atoms. The molecular formula is C20H25N3O3. The van der Waals surface area contributed by atoms with Crippen molar-refractivity contribution in [1.29, 1.82) is 0 Å². The van der Waals surface area contributed by atoms with Crippen molar-refractivity contribution in [3.8, 4) is 5.69 Å². The maximum absolute atomic E-state index is 12.7. The van der Waals surface area contributed by atoms with Gasteiger partial charge in [0.05, 0.1) is 5.69 Å². The Kier molecular flexibility index (Phi) is 5.11. The molecule has 1 aliphatic carbocycles. The van der Waals surface area contributed by atoms with Crippen molar-refractivity contribution in [3.63, 3.8) is 0 Å². The molecule has 0 unspecified atom stereocenters. The molecule has 6 heteroatoms. The van der Waals surface area contributed by atoms with Crippen LogP contribution in [-0.2, 0) is 11.3 Å². The van der Waals surface area contributed by atoms with Crippen LogP contribution in [0.25, 0.3) is 5.69 Å². The Morgan fingerprint density at radius 3 is 2.65 bits per heavy atom. The van der Waals surface area contributed by atoms with E-state index in [2.05, 4.69) is 10.4 Å². The molecule has 6 nitrogen and oxygen atoms in total. The van der Waals surface area contributed by atoms with E-state index in [9.17, 15) is 9.59 Å². The predicted octanol–water partition coefficient (Wildman–Crippen LogP) is 3.40. The number of carbonyl (C=O) groups is 2. The van der Waals surface area contributed by atoms with Crippen molar-refractivity contribution >= 4 is 11.9 Å². The van der Waals surface area contributed by atoms with Crippen molar-refractivity contribution in [2.45, 2.75) is 46.1 Å². The summed E-state index contributed by atoms with van der Waals surface area (Å²) in [5.41, 5.74) is 1.36. The number of carboxylic acids is 1. The lowest BCUT2D eigenvalue weighted by Gasteiger charge is -2.30. The number of nitrogens with zero attached hydrogens (tertiary/aromatic N) is 2. The molecule has 2 N–H and O–H groups in total. The summed E-state index contributed by atoms with van der Waals surface area (Å²) >= 11 is 0. The molecule has 0 bridgehead atoms. The normalized spacial score (nSPS) is 15.2. The third-order valence-electron chi connectivity index (χ3n) is 5.40. The number of nitrogens with one attached hydrogen (secondary N) is 1. The van der Waals surface area contributed by atoms with Gasteiger partial charge in [0, 0.05) is 18.2 Å². The van der Waals surface area contributed by atoms with E-state index in [1.54, 1.807) is 6.20 Å². The average Bonchev–Trinajstić information content (AvgIpc) is 3.31. The van der Waals surface area contributed by atoms with Crippen LogP contribution in [0.5, 0.6) is 0 Å². The van der Waals surface area contributed by atoms with E-state index in [1.807, 2.05) is 38.1 Å². The van der Waals surface area contributed by atoms with Gasteiger partial charge in [0.1, 0.15) is 0 Å². The summed E-state index contributed by atoms with van der Waals surface area (Å²) in [6.07, 6.45) is 6.30. The second-order valence-electron chi connectivity index (χ2n) is 7.51. The molecule has 0 saturated heterocycles. The van der Waals surface area contributed by atoms with E-state index < -0.39 is 5.97 Å². The molecular weight excluding hydrogens is 330 g/mol. The fraction of sp³-hybridized carbons (Fsp3) is 0.450. The van der Waals surface area contributed by atoms with Crippen LogP contribution in [0.2, 0.25) is 0 Å². The summed E-state index contributed by atoms with van der Waals surface area (Å²) in [6.45, 7) is 4.51. The van der Waals surface area contributed by atoms with Crippen molar-refractivity contribution in [2.75, 3.05) is 0 Å². The van der Waals surface area contributed by atoms with Crippen LogP contribution >= 0.6 is 0 Å². The van der Waals surface area contributed by atoms with Crippen LogP contribution in [0.3, 0.4) is 0 Å². The maximum Gasteiger partial charge on any atom is 0.356 e. The molecule has 3 rings (SSSR count). The lowest BCUT2D eigenvalue weighted by Crippen LogP contribution is -2.40. The lowest BCUT2D eigenvalue weighted by atomic mass is 9.77. The number of amides is 1. The Labute approximate surface area is 153 Å². The summed E-state index contributed by atoms with van der Waals surface area (Å²) < 4.78 is 1.53. The topological polar surface area (TPSA) is 84.2 Å². The van der Waals surface area contributed by atoms with Crippen molar-refractivity contribution in [1.82, 2.24) is 15.1 Å². The predicted molar refractivity (Wildman–Crippen MR) is 98.1 cm³/mol. The standard InChI is InChI=1S/C20H25N3O3/c1-20(2,15-7-3-4-8-15)19(26)21-13-14-6-5-9-16(12-14)23-11-10-17(22-23)18(24)25/h5-6,9-12,15H,3-4,7-8,13H2,1-2H3,(H,21,26)(H,24,25). The number of carboxylic acid groups (broad SMARTS) is 1. The van der Waals surface area contributed by atoms with Gasteiger partial charge >= 0.3 is 5.97 Å². The molecule has 0 radical (unpaired) electrons. The fourth-order valence-corrected chi connectivity index (χ4v) is 3.63. The van der Waals surface area contributed by atoms with Crippen LogP contribution in [0.4, 0.5) is 0 Å². The number of benzene rings is 1. The average molecular weight is 355 g/mol. The number of aromatic carboxylic acids is 1. The van der Waals surface area contributed by atoms with E-state index in [4.69, 9.17) is 5.11 Å². The summed E-state index contributed by atoms with van der Waals surface area (Å²) in [4.78, 5) is 23.6. The second-order valence-corrected chi connectivity index (χ2v) is 7.51. The summed E-state index contributed by atoms with van der Waals surface area (Å²) in [5.74, 6) is -0.518. The number of carbonyl (C=O) groups excluding carboxylic acids is 1. The highest BCUT2D eigenvalue weighted by atomic mass is 16.4. The van der Waals surface area contributed by atoms with Gasteiger partial charge in [-0.05, 0) is 42.5 Å². The Hall–Kier alpha value is -2.63. The van der Waals surface area contributed by atoms with Gasteiger partial charge in [0.25, 0.3) is 0 Å². The fourth-order valence-electron chi connectivity index (χ4n) is 3.63. The minimum atomic E-state index is -1.05. The number of hydrogen-bond donors (Lipinski definition) is 2. The van der Waals surface area contributed by atoms with E-state index >= 15 is 0 Å². The first-order chi connectivity index (χ1) is 12.4. The minimum absolute atomic E-state index is 0.00187. The molecule has 2 aromatic rings. The maximum atomic E-state index is 12.7. The number of aromatic nitrogens is 2. The van der Waals surface area contributed by atoms with Gasteiger partial charge in [-0.25, -0.2) is 9.48 Å². The summed E-state index contributed by atoms with van der Waals surface area (Å²) in [6, 6.07) is 9.03. The first-order valence-corrected chi connectivity index (χ1v) is 9.04. The molecule has 1 aliphatic rings. The third-order valence-corrected chi connectivity index (χ3v) is 5.40. The number of rotatable bonds is 6. The SMILES string of the molecule is CC(C)(C(=O)NCc1cccc(-n2ccc(C(=O)O)n2)c1)C1CCCC1. The molecule has 0 spiro atoms. The molecule has 1 fully saturated rings. The zero-order valence-corrected chi connectivity index (χ0v) is 15.2. The largest absolute Gasteiger partial charge is 0.476 e. The van der Waals surface area contributed by atoms with Crippen molar-refractivity contribution in [3.05, 3.63) is 47.8 Å². The third kappa shape index (κ3) is 3.79. The first kappa shape index (κ1) is 18.2. The second kappa shape index (κ2) is 7.32. The van der Waals surface area contributed by atoms with Gasteiger partial charge in [0.15, 0.2) is 5.69 Å². The molecule has 0 atom stereocenters. The van der Waals surface area contributed by atoms with E-state index in [0.717, 1.165) is 24.1 Å². The molecule has 1 aromatic heterocycles. The van der Waals surface area contributed by atoms with Crippen LogP contribution in [0.1, 0.15) is 55.6 Å². The highest BCUT2D eigenvalue weighted by molar-refractivity contribution is 5.85. The smallest absolute Gasteiger partial charge is 0.356 e. The quantitative estimate of drug-likeness (QED) is 0.832. The molecule has 1 amide bonds. The zero-order valence-electron chi connectivity index (χ0n) is 15.2. The highest BCUT2D eigenvalue weighted by Gasteiger charge is 2.37. The Bertz CT molecular complexity index is 804. The van der Waals surface area contributed by atoms with Gasteiger partial charge in [-0.2, -0.15) is 5.10 Å². The number of hydrogen-bond acceptors (Lipinski definition) is 3. The Balaban J connectivity index is 1.66. The van der Waals surface area contributed by atoms with Crippen LogP contribution in [0.15, 0.2) is 36.5 Å². The van der Waals surface area contributed by atoms with Gasteiger partial charge in [-0.3, -0.25) is 4.79 Å². The first-order valence-electron chi connectivity index (χ1n) is 9.04. The summed E-state index contributed by atoms with van der Waals surface area (Å²) in [7, 11) is 0. The Morgan fingerprint density at radius 1 is 1.27 bits per heavy atom. The highest BCUT2D eigenvalue weighted by Crippen LogP contribution is 2.39.